The fraction of sp³-hybridized carbons (Fsp3) is 0.389. The van der Waals surface area contributed by atoms with Crippen LogP contribution in [-0.4, -0.2) is 49.0 Å². The monoisotopic (exact) mass is 390 g/mol. The van der Waals surface area contributed by atoms with Crippen molar-refractivity contribution < 1.29 is 17.9 Å². The van der Waals surface area contributed by atoms with Crippen LogP contribution in [0, 0.1) is 13.8 Å². The first-order chi connectivity index (χ1) is 12.8. The highest BCUT2D eigenvalue weighted by Gasteiger charge is 2.28. The highest BCUT2D eigenvalue weighted by Crippen LogP contribution is 2.26. The summed E-state index contributed by atoms with van der Waals surface area (Å²) < 4.78 is 28.5. The number of aryl methyl sites for hydroxylation is 2. The Hall–Kier alpha value is -2.68. The van der Waals surface area contributed by atoms with E-state index in [9.17, 15) is 13.2 Å². The van der Waals surface area contributed by atoms with Crippen molar-refractivity contribution in [1.29, 1.82) is 0 Å². The number of hydrogen-bond acceptors (Lipinski definition) is 7. The number of ether oxygens (including phenoxy) is 1. The number of anilines is 2. The minimum atomic E-state index is -3.00. The van der Waals surface area contributed by atoms with Gasteiger partial charge in [-0.2, -0.15) is 0 Å². The van der Waals surface area contributed by atoms with Gasteiger partial charge in [-0.1, -0.05) is 6.07 Å². The summed E-state index contributed by atoms with van der Waals surface area (Å²) in [5.41, 5.74) is 1.72. The number of methoxy groups -OCH3 is 1. The number of benzene rings is 1. The maximum Gasteiger partial charge on any atom is 0.274 e. The van der Waals surface area contributed by atoms with Crippen molar-refractivity contribution in [3.8, 4) is 5.75 Å². The van der Waals surface area contributed by atoms with Crippen molar-refractivity contribution in [3.63, 3.8) is 0 Å². The van der Waals surface area contributed by atoms with Gasteiger partial charge in [-0.25, -0.2) is 18.4 Å². The van der Waals surface area contributed by atoms with Crippen molar-refractivity contribution in [3.05, 3.63) is 41.3 Å². The summed E-state index contributed by atoms with van der Waals surface area (Å²) in [6, 6.07) is 6.80. The van der Waals surface area contributed by atoms with E-state index in [1.165, 1.54) is 13.2 Å². The average molecular weight is 390 g/mol. The molecule has 0 bridgehead atoms. The van der Waals surface area contributed by atoms with Crippen LogP contribution in [-0.2, 0) is 9.84 Å². The molecule has 1 aromatic carbocycles. The zero-order valence-electron chi connectivity index (χ0n) is 15.4. The Morgan fingerprint density at radius 3 is 2.67 bits per heavy atom. The molecule has 1 unspecified atom stereocenters. The second-order valence-electron chi connectivity index (χ2n) is 6.59. The first-order valence-electron chi connectivity index (χ1n) is 8.54. The molecular weight excluding hydrogens is 368 g/mol. The zero-order valence-corrected chi connectivity index (χ0v) is 16.3. The summed E-state index contributed by atoms with van der Waals surface area (Å²) >= 11 is 0. The lowest BCUT2D eigenvalue weighted by Gasteiger charge is -2.14. The number of nitrogens with zero attached hydrogens (tertiary/aromatic N) is 2. The summed E-state index contributed by atoms with van der Waals surface area (Å²) in [5, 5.41) is 5.89. The fourth-order valence-corrected chi connectivity index (χ4v) is 4.66. The van der Waals surface area contributed by atoms with Crippen LogP contribution in [0.2, 0.25) is 0 Å². The van der Waals surface area contributed by atoms with Gasteiger partial charge >= 0.3 is 0 Å². The number of nitrogens with one attached hydrogen (secondary N) is 2. The lowest BCUT2D eigenvalue weighted by atomic mass is 10.2. The predicted molar refractivity (Wildman–Crippen MR) is 103 cm³/mol. The van der Waals surface area contributed by atoms with Crippen molar-refractivity contribution in [2.45, 2.75) is 26.3 Å². The molecule has 0 saturated carbocycles. The SMILES string of the molecule is COc1ccc(C)cc1NC(=O)c1cc(NC2CCS(=O)(=O)C2)nc(C)n1. The number of aromatic nitrogens is 2. The zero-order chi connectivity index (χ0) is 19.6. The molecule has 1 fully saturated rings. The maximum absolute atomic E-state index is 12.7. The largest absolute Gasteiger partial charge is 0.495 e. The van der Waals surface area contributed by atoms with Crippen LogP contribution in [0.1, 0.15) is 28.3 Å². The van der Waals surface area contributed by atoms with Crippen molar-refractivity contribution >= 4 is 27.2 Å². The van der Waals surface area contributed by atoms with Crippen LogP contribution >= 0.6 is 0 Å². The van der Waals surface area contributed by atoms with Gasteiger partial charge in [-0.3, -0.25) is 4.79 Å². The highest BCUT2D eigenvalue weighted by molar-refractivity contribution is 7.91. The summed E-state index contributed by atoms with van der Waals surface area (Å²) in [5.74, 6) is 1.24. The molecule has 1 amide bonds. The molecule has 2 N–H and O–H groups in total. The Labute approximate surface area is 158 Å². The predicted octanol–water partition coefficient (Wildman–Crippen LogP) is 1.95. The van der Waals surface area contributed by atoms with Crippen LogP contribution in [0.4, 0.5) is 11.5 Å². The van der Waals surface area contributed by atoms with E-state index >= 15 is 0 Å². The van der Waals surface area contributed by atoms with Crippen LogP contribution in [0.5, 0.6) is 5.75 Å². The van der Waals surface area contributed by atoms with Gasteiger partial charge in [0.2, 0.25) is 0 Å². The Balaban J connectivity index is 1.79. The summed E-state index contributed by atoms with van der Waals surface area (Å²) in [4.78, 5) is 21.1. The topological polar surface area (TPSA) is 110 Å². The molecule has 3 rings (SSSR count). The number of amides is 1. The van der Waals surface area contributed by atoms with Crippen LogP contribution < -0.4 is 15.4 Å². The standard InChI is InChI=1S/C18H22N4O4S/c1-11-4-5-16(26-3)14(8-11)22-18(23)15-9-17(20-12(2)19-15)21-13-6-7-27(24,25)10-13/h4-5,8-9,13H,6-7,10H2,1-3H3,(H,22,23)(H,19,20,21). The molecular formula is C18H22N4O4S. The van der Waals surface area contributed by atoms with Gasteiger partial charge in [0, 0.05) is 12.1 Å². The van der Waals surface area contributed by atoms with E-state index in [1.807, 2.05) is 19.1 Å². The molecule has 9 heteroatoms. The van der Waals surface area contributed by atoms with Gasteiger partial charge in [0.05, 0.1) is 24.3 Å². The molecule has 1 aromatic heterocycles. The molecule has 0 radical (unpaired) electrons. The Bertz CT molecular complexity index is 975. The highest BCUT2D eigenvalue weighted by atomic mass is 32.2. The van der Waals surface area contributed by atoms with E-state index in [0.29, 0.717) is 29.5 Å². The number of carbonyl (C=O) groups excluding carboxylic acids is 1. The summed E-state index contributed by atoms with van der Waals surface area (Å²) in [7, 11) is -1.47. The molecule has 0 aliphatic carbocycles. The van der Waals surface area contributed by atoms with Crippen molar-refractivity contribution in [1.82, 2.24) is 9.97 Å². The van der Waals surface area contributed by atoms with Gasteiger partial charge in [-0.15, -0.1) is 0 Å². The van der Waals surface area contributed by atoms with Crippen molar-refractivity contribution in [2.75, 3.05) is 29.2 Å². The van der Waals surface area contributed by atoms with Gasteiger partial charge < -0.3 is 15.4 Å². The second-order valence-corrected chi connectivity index (χ2v) is 8.82. The minimum Gasteiger partial charge on any atom is -0.495 e. The van der Waals surface area contributed by atoms with Gasteiger partial charge in [0.15, 0.2) is 9.84 Å². The molecule has 27 heavy (non-hydrogen) atoms. The molecule has 8 nitrogen and oxygen atoms in total. The van der Waals surface area contributed by atoms with E-state index < -0.39 is 15.7 Å². The molecule has 1 aliphatic heterocycles. The third-order valence-electron chi connectivity index (χ3n) is 4.26. The summed E-state index contributed by atoms with van der Waals surface area (Å²) in [6.45, 7) is 3.60. The van der Waals surface area contributed by atoms with Gasteiger partial charge in [0.1, 0.15) is 23.1 Å². The van der Waals surface area contributed by atoms with E-state index in [1.54, 1.807) is 13.0 Å². The van der Waals surface area contributed by atoms with E-state index in [0.717, 1.165) is 5.56 Å². The molecule has 1 atom stereocenters. The van der Waals surface area contributed by atoms with Crippen LogP contribution in [0.3, 0.4) is 0 Å². The third-order valence-corrected chi connectivity index (χ3v) is 6.03. The van der Waals surface area contributed by atoms with Crippen molar-refractivity contribution in [2.24, 2.45) is 0 Å². The fourth-order valence-electron chi connectivity index (χ4n) is 2.98. The number of carbonyl (C=O) groups is 1. The molecule has 1 aliphatic rings. The Kier molecular flexibility index (Phi) is 5.31. The first kappa shape index (κ1) is 19.1. The van der Waals surface area contributed by atoms with Gasteiger partial charge in [0.25, 0.3) is 5.91 Å². The summed E-state index contributed by atoms with van der Waals surface area (Å²) in [6.07, 6.45) is 0.521. The minimum absolute atomic E-state index is 0.0675. The Morgan fingerprint density at radius 1 is 1.22 bits per heavy atom. The first-order valence-corrected chi connectivity index (χ1v) is 10.4. The second kappa shape index (κ2) is 7.51. The van der Waals surface area contributed by atoms with E-state index in [-0.39, 0.29) is 23.2 Å². The van der Waals surface area contributed by atoms with E-state index in [2.05, 4.69) is 20.6 Å². The number of hydrogen-bond donors (Lipinski definition) is 2. The smallest absolute Gasteiger partial charge is 0.274 e. The Morgan fingerprint density at radius 2 is 2.00 bits per heavy atom. The molecule has 1 saturated heterocycles. The average Bonchev–Trinajstić information content (AvgIpc) is 2.93. The van der Waals surface area contributed by atoms with Crippen LogP contribution in [0.25, 0.3) is 0 Å². The molecule has 144 valence electrons. The quantitative estimate of drug-likeness (QED) is 0.803. The van der Waals surface area contributed by atoms with E-state index in [4.69, 9.17) is 4.74 Å². The molecule has 0 spiro atoms. The van der Waals surface area contributed by atoms with Crippen LogP contribution in [0.15, 0.2) is 24.3 Å². The normalized spacial score (nSPS) is 18.1. The molecule has 2 aromatic rings. The van der Waals surface area contributed by atoms with Gasteiger partial charge in [-0.05, 0) is 38.0 Å². The lowest BCUT2D eigenvalue weighted by molar-refractivity contribution is 0.102. The lowest BCUT2D eigenvalue weighted by Crippen LogP contribution is -2.22. The number of sulfone groups is 1. The third kappa shape index (κ3) is 4.73. The maximum atomic E-state index is 12.7. The molecule has 2 heterocycles. The number of rotatable bonds is 5.